The second-order valence-electron chi connectivity index (χ2n) is 9.33. The zero-order valence-electron chi connectivity index (χ0n) is 22.0. The summed E-state index contributed by atoms with van der Waals surface area (Å²) in [5.74, 6) is 0.862. The van der Waals surface area contributed by atoms with Crippen molar-refractivity contribution in [2.75, 3.05) is 20.3 Å². The molecule has 0 spiro atoms. The molecule has 2 aromatic carbocycles. The number of ether oxygens (including phenoxy) is 2. The fourth-order valence-corrected chi connectivity index (χ4v) is 5.07. The minimum absolute atomic E-state index is 0.0492. The van der Waals surface area contributed by atoms with E-state index in [0.717, 1.165) is 0 Å². The maximum absolute atomic E-state index is 13.9. The number of aliphatic hydroxyl groups is 1. The molecule has 0 radical (unpaired) electrons. The summed E-state index contributed by atoms with van der Waals surface area (Å²) in [6, 6.07) is 11.9. The molecule has 0 unspecified atom stereocenters. The topological polar surface area (TPSA) is 146 Å². The number of hydrogen-bond acceptors (Lipinski definition) is 10. The monoisotopic (exact) mass is 551 g/mol. The highest BCUT2D eigenvalue weighted by molar-refractivity contribution is 7.89. The summed E-state index contributed by atoms with van der Waals surface area (Å²) in [5, 5.41) is 9.16. The number of nitrogens with zero attached hydrogens (tertiary/aromatic N) is 4. The van der Waals surface area contributed by atoms with E-state index in [1.165, 1.54) is 19.6 Å². The SMILES string of the molecule is COc1ccccc1Oc1c(-c2ncccn2)c(C(C)(C)C)cc(-c2ccncn2)c1S(=O)(=O)NOCCO. The number of rotatable bonds is 10. The molecule has 39 heavy (non-hydrogen) atoms. The molecule has 0 fully saturated rings. The fourth-order valence-electron chi connectivity index (χ4n) is 3.91. The van der Waals surface area contributed by atoms with Gasteiger partial charge in [-0.25, -0.2) is 28.4 Å². The minimum atomic E-state index is -4.44. The fraction of sp³-hybridized carbons (Fsp3) is 0.259. The predicted octanol–water partition coefficient (Wildman–Crippen LogP) is 3.90. The van der Waals surface area contributed by atoms with Crippen LogP contribution in [-0.2, 0) is 20.3 Å². The molecule has 0 saturated carbocycles. The van der Waals surface area contributed by atoms with Gasteiger partial charge < -0.3 is 14.6 Å². The number of sulfonamides is 1. The Bertz CT molecular complexity index is 1530. The average molecular weight is 552 g/mol. The number of hydrogen-bond donors (Lipinski definition) is 2. The first-order chi connectivity index (χ1) is 18.7. The Hall–Kier alpha value is -3.97. The molecule has 0 aliphatic carbocycles. The molecule has 2 N–H and O–H groups in total. The van der Waals surface area contributed by atoms with Gasteiger partial charge in [0.25, 0.3) is 10.0 Å². The zero-order valence-corrected chi connectivity index (χ0v) is 22.8. The molecule has 4 aromatic rings. The third kappa shape index (κ3) is 6.20. The van der Waals surface area contributed by atoms with Gasteiger partial charge in [0.1, 0.15) is 11.2 Å². The van der Waals surface area contributed by atoms with Crippen LogP contribution < -0.4 is 14.4 Å². The van der Waals surface area contributed by atoms with E-state index in [2.05, 4.69) is 24.8 Å². The Morgan fingerprint density at radius 1 is 0.974 bits per heavy atom. The number of aliphatic hydroxyl groups excluding tert-OH is 1. The molecule has 4 rings (SSSR count). The van der Waals surface area contributed by atoms with Gasteiger partial charge in [-0.05, 0) is 41.3 Å². The van der Waals surface area contributed by atoms with Gasteiger partial charge in [0.2, 0.25) is 0 Å². The normalized spacial score (nSPS) is 11.8. The molecule has 0 saturated heterocycles. The summed E-state index contributed by atoms with van der Waals surface area (Å²) in [6.07, 6.45) is 5.97. The summed E-state index contributed by atoms with van der Waals surface area (Å²) < 4.78 is 39.7. The highest BCUT2D eigenvalue weighted by Gasteiger charge is 2.35. The summed E-state index contributed by atoms with van der Waals surface area (Å²) >= 11 is 0. The number of nitrogens with one attached hydrogen (secondary N) is 1. The molecular formula is C27H29N5O6S. The van der Waals surface area contributed by atoms with E-state index in [0.29, 0.717) is 22.6 Å². The maximum atomic E-state index is 13.9. The third-order valence-electron chi connectivity index (χ3n) is 5.60. The van der Waals surface area contributed by atoms with Crippen LogP contribution in [0.2, 0.25) is 0 Å². The van der Waals surface area contributed by atoms with Crippen molar-refractivity contribution < 1.29 is 27.8 Å². The van der Waals surface area contributed by atoms with Gasteiger partial charge in [0, 0.05) is 24.2 Å². The molecule has 2 aromatic heterocycles. The molecule has 0 amide bonds. The molecule has 0 aliphatic rings. The second-order valence-corrected chi connectivity index (χ2v) is 10.9. The molecule has 12 heteroatoms. The van der Waals surface area contributed by atoms with Gasteiger partial charge in [0.15, 0.2) is 23.1 Å². The van der Waals surface area contributed by atoms with Crippen molar-refractivity contribution in [2.45, 2.75) is 31.1 Å². The zero-order chi connectivity index (χ0) is 28.0. The van der Waals surface area contributed by atoms with Crippen molar-refractivity contribution >= 4 is 10.0 Å². The smallest absolute Gasteiger partial charge is 0.266 e. The minimum Gasteiger partial charge on any atom is -0.493 e. The van der Waals surface area contributed by atoms with Crippen LogP contribution in [0.5, 0.6) is 17.2 Å². The van der Waals surface area contributed by atoms with Crippen LogP contribution in [0.15, 0.2) is 72.3 Å². The van der Waals surface area contributed by atoms with E-state index in [1.807, 2.05) is 20.8 Å². The first kappa shape index (κ1) is 28.0. The first-order valence-corrected chi connectivity index (χ1v) is 13.5. The summed E-state index contributed by atoms with van der Waals surface area (Å²) in [6.45, 7) is 5.31. The highest BCUT2D eigenvalue weighted by atomic mass is 32.2. The van der Waals surface area contributed by atoms with Crippen LogP contribution in [0.25, 0.3) is 22.6 Å². The molecule has 2 heterocycles. The van der Waals surface area contributed by atoms with Gasteiger partial charge in [-0.15, -0.1) is 0 Å². The second kappa shape index (κ2) is 11.8. The molecule has 0 aliphatic heterocycles. The van der Waals surface area contributed by atoms with Gasteiger partial charge in [-0.3, -0.25) is 4.84 Å². The van der Waals surface area contributed by atoms with Crippen molar-refractivity contribution in [1.29, 1.82) is 0 Å². The van der Waals surface area contributed by atoms with Crippen molar-refractivity contribution in [3.63, 3.8) is 0 Å². The Kier molecular flexibility index (Phi) is 8.51. The van der Waals surface area contributed by atoms with E-state index < -0.39 is 22.0 Å². The largest absolute Gasteiger partial charge is 0.493 e. The summed E-state index contributed by atoms with van der Waals surface area (Å²) in [7, 11) is -2.95. The Morgan fingerprint density at radius 3 is 2.31 bits per heavy atom. The van der Waals surface area contributed by atoms with Crippen LogP contribution in [0.4, 0.5) is 0 Å². The number of aromatic nitrogens is 4. The number of benzene rings is 2. The molecule has 0 atom stereocenters. The van der Waals surface area contributed by atoms with E-state index in [4.69, 9.17) is 19.4 Å². The lowest BCUT2D eigenvalue weighted by Gasteiger charge is -2.28. The van der Waals surface area contributed by atoms with Gasteiger partial charge in [-0.1, -0.05) is 37.8 Å². The number of methoxy groups -OCH3 is 1. The lowest BCUT2D eigenvalue weighted by Crippen LogP contribution is -2.27. The van der Waals surface area contributed by atoms with Crippen LogP contribution in [-0.4, -0.2) is 53.8 Å². The van der Waals surface area contributed by atoms with Crippen molar-refractivity contribution in [3.05, 3.63) is 72.9 Å². The molecule has 0 bridgehead atoms. The molecular weight excluding hydrogens is 522 g/mol. The van der Waals surface area contributed by atoms with Crippen molar-refractivity contribution in [1.82, 2.24) is 24.8 Å². The average Bonchev–Trinajstić information content (AvgIpc) is 2.93. The Labute approximate surface area is 226 Å². The summed E-state index contributed by atoms with van der Waals surface area (Å²) in [5.41, 5.74) is 1.14. The van der Waals surface area contributed by atoms with E-state index in [1.54, 1.807) is 54.9 Å². The first-order valence-electron chi connectivity index (χ1n) is 12.0. The van der Waals surface area contributed by atoms with E-state index in [-0.39, 0.29) is 34.4 Å². The van der Waals surface area contributed by atoms with Crippen LogP contribution >= 0.6 is 0 Å². The third-order valence-corrected chi connectivity index (χ3v) is 6.88. The summed E-state index contributed by atoms with van der Waals surface area (Å²) in [4.78, 5) is 24.1. The highest BCUT2D eigenvalue weighted by Crippen LogP contribution is 2.49. The maximum Gasteiger partial charge on any atom is 0.266 e. The van der Waals surface area contributed by atoms with Gasteiger partial charge >= 0.3 is 0 Å². The lowest BCUT2D eigenvalue weighted by molar-refractivity contribution is 0.0601. The number of para-hydroxylation sites is 2. The van der Waals surface area contributed by atoms with Crippen LogP contribution in [0.1, 0.15) is 26.3 Å². The standard InChI is InChI=1S/C27H29N5O6S/c1-27(2,3)19-16-18(20-10-13-28-17-31-20)25(39(34,35)32-37-15-14-33)24(23(19)26-29-11-7-12-30-26)38-22-9-6-5-8-21(22)36-4/h5-13,16-17,32-33H,14-15H2,1-4H3. The van der Waals surface area contributed by atoms with Gasteiger partial charge in [0.05, 0.1) is 31.6 Å². The Balaban J connectivity index is 2.17. The Morgan fingerprint density at radius 2 is 1.69 bits per heavy atom. The van der Waals surface area contributed by atoms with Crippen molar-refractivity contribution in [3.8, 4) is 39.9 Å². The molecule has 11 nitrogen and oxygen atoms in total. The van der Waals surface area contributed by atoms with Crippen LogP contribution in [0.3, 0.4) is 0 Å². The predicted molar refractivity (Wildman–Crippen MR) is 144 cm³/mol. The van der Waals surface area contributed by atoms with Gasteiger partial charge in [-0.2, -0.15) is 0 Å². The lowest BCUT2D eigenvalue weighted by atomic mass is 9.81. The van der Waals surface area contributed by atoms with Crippen molar-refractivity contribution in [2.24, 2.45) is 0 Å². The van der Waals surface area contributed by atoms with Crippen LogP contribution in [0, 0.1) is 0 Å². The van der Waals surface area contributed by atoms with E-state index in [9.17, 15) is 8.42 Å². The molecule has 204 valence electrons. The van der Waals surface area contributed by atoms with E-state index >= 15 is 0 Å². The quantitative estimate of drug-likeness (QED) is 0.220.